The minimum Gasteiger partial charge on any atom is -0.317 e. The summed E-state index contributed by atoms with van der Waals surface area (Å²) in [7, 11) is 0. The summed E-state index contributed by atoms with van der Waals surface area (Å²) in [5, 5.41) is 4.99. The van der Waals surface area contributed by atoms with Gasteiger partial charge in [0.05, 0.1) is 27.8 Å². The van der Waals surface area contributed by atoms with Crippen molar-refractivity contribution >= 4 is 66.8 Å². The third kappa shape index (κ3) is 6.03. The van der Waals surface area contributed by atoms with Crippen LogP contribution in [0.3, 0.4) is 0 Å². The number of hydrogen-bond acceptors (Lipinski definition) is 1. The molecule has 7 aromatic carbocycles. The lowest BCUT2D eigenvalue weighted by Crippen LogP contribution is -2.14. The van der Waals surface area contributed by atoms with E-state index in [0.29, 0.717) is 0 Å². The fraction of sp³-hybridized carbons (Fsp3) is 0.103. The highest BCUT2D eigenvalue weighted by Gasteiger charge is 2.36. The average Bonchev–Trinajstić information content (AvgIpc) is 3.87. The lowest BCUT2D eigenvalue weighted by Gasteiger charge is -2.25. The number of anilines is 2. The Kier molecular flexibility index (Phi) is 9.33. The third-order valence-corrected chi connectivity index (χ3v) is 12.6. The highest BCUT2D eigenvalue weighted by molar-refractivity contribution is 6.14. The summed E-state index contributed by atoms with van der Waals surface area (Å²) in [6.45, 7) is 15.3. The molecule has 0 N–H and O–H groups in total. The van der Waals surface area contributed by atoms with Crippen molar-refractivity contribution < 1.29 is 0 Å². The molecule has 0 amide bonds. The Morgan fingerprint density at radius 3 is 2.11 bits per heavy atom. The van der Waals surface area contributed by atoms with Gasteiger partial charge in [-0.2, -0.15) is 0 Å². The molecular weight excluding hydrogens is 739 g/mol. The van der Waals surface area contributed by atoms with Crippen LogP contribution in [0, 0.1) is 0 Å². The molecule has 0 saturated carbocycles. The average molecular weight is 788 g/mol. The first-order chi connectivity index (χ1) is 29.9. The molecule has 0 radical (unpaired) electrons. The van der Waals surface area contributed by atoms with E-state index in [1.807, 2.05) is 13.8 Å². The molecule has 11 rings (SSSR count). The summed E-state index contributed by atoms with van der Waals surface area (Å²) >= 11 is 0. The van der Waals surface area contributed by atoms with Crippen molar-refractivity contribution in [2.75, 3.05) is 4.90 Å². The molecule has 2 aromatic heterocycles. The van der Waals surface area contributed by atoms with Crippen molar-refractivity contribution in [1.82, 2.24) is 9.13 Å². The molecular formula is C58H49N3. The molecule has 0 unspecified atom stereocenters. The Hall–Kier alpha value is -7.36. The summed E-state index contributed by atoms with van der Waals surface area (Å²) in [6.07, 6.45) is 16.8. The molecule has 0 fully saturated rings. The largest absolute Gasteiger partial charge is 0.317 e. The number of hydrogen-bond donors (Lipinski definition) is 0. The van der Waals surface area contributed by atoms with Crippen molar-refractivity contribution in [1.29, 1.82) is 0 Å². The van der Waals surface area contributed by atoms with Crippen LogP contribution in [0.2, 0.25) is 0 Å². The van der Waals surface area contributed by atoms with E-state index in [0.717, 1.165) is 33.8 Å². The van der Waals surface area contributed by atoms with Gasteiger partial charge in [-0.25, -0.2) is 0 Å². The third-order valence-electron chi connectivity index (χ3n) is 12.6. The van der Waals surface area contributed by atoms with Gasteiger partial charge in [-0.3, -0.25) is 0 Å². The van der Waals surface area contributed by atoms with E-state index in [1.54, 1.807) is 0 Å². The van der Waals surface area contributed by atoms with E-state index in [4.69, 9.17) is 0 Å². The van der Waals surface area contributed by atoms with Crippen LogP contribution in [0.5, 0.6) is 0 Å². The quantitative estimate of drug-likeness (QED) is 0.158. The molecule has 1 aliphatic heterocycles. The van der Waals surface area contributed by atoms with Crippen molar-refractivity contribution in [2.24, 2.45) is 0 Å². The molecule has 0 bridgehead atoms. The van der Waals surface area contributed by atoms with E-state index < -0.39 is 0 Å². The summed E-state index contributed by atoms with van der Waals surface area (Å²) in [5.74, 6) is 0. The predicted molar refractivity (Wildman–Crippen MR) is 264 cm³/mol. The number of nitrogens with zero attached hydrogens (tertiary/aromatic N) is 3. The van der Waals surface area contributed by atoms with Gasteiger partial charge in [0.15, 0.2) is 0 Å². The first kappa shape index (κ1) is 37.9. The highest BCUT2D eigenvalue weighted by atomic mass is 15.1. The Bertz CT molecular complexity index is 3320. The topological polar surface area (TPSA) is 13.1 Å². The lowest BCUT2D eigenvalue weighted by atomic mass is 9.82. The van der Waals surface area contributed by atoms with Gasteiger partial charge in [0.2, 0.25) is 0 Å². The zero-order valence-corrected chi connectivity index (χ0v) is 35.5. The maximum Gasteiger partial charge on any atom is 0.0555 e. The van der Waals surface area contributed by atoms with Crippen molar-refractivity contribution in [3.63, 3.8) is 0 Å². The number of para-hydroxylation sites is 2. The van der Waals surface area contributed by atoms with Crippen molar-refractivity contribution in [2.45, 2.75) is 40.0 Å². The van der Waals surface area contributed by atoms with E-state index in [2.05, 4.69) is 236 Å². The first-order valence-corrected chi connectivity index (χ1v) is 21.5. The van der Waals surface area contributed by atoms with Gasteiger partial charge in [0.1, 0.15) is 0 Å². The normalized spacial score (nSPS) is 15.2. The molecule has 1 aliphatic carbocycles. The number of allylic oxidation sites excluding steroid dienone is 7. The van der Waals surface area contributed by atoms with Crippen LogP contribution in [0.15, 0.2) is 195 Å². The van der Waals surface area contributed by atoms with Gasteiger partial charge in [-0.05, 0) is 125 Å². The molecule has 0 atom stereocenters. The fourth-order valence-electron chi connectivity index (χ4n) is 9.68. The zero-order valence-electron chi connectivity index (χ0n) is 35.5. The van der Waals surface area contributed by atoms with E-state index in [1.165, 1.54) is 71.4 Å². The standard InChI is InChI=1S/C56H43N3.C2H6/c1-5-6-15-31-58-51-23-13-11-21-43(51)44-27-26-41(34-54(44)58)59-53-29-25-39(33-47(53)48-35-50-46(36-55(48)59)42-20-10-12-22-49(42)56(50,3)4)38-24-28-52-45(32-38)37(2)17-14-16-30-57(52)40-18-8-7-9-19-40;1-2/h5-36H,2H2,1,3-4H3;1-2H3/b6-5-,17-14-,30-16-,31-15-;. The lowest BCUT2D eigenvalue weighted by molar-refractivity contribution is 0.661. The zero-order chi connectivity index (χ0) is 41.8. The second-order valence-electron chi connectivity index (χ2n) is 16.3. The van der Waals surface area contributed by atoms with Gasteiger partial charge in [0.25, 0.3) is 0 Å². The first-order valence-electron chi connectivity index (χ1n) is 21.5. The molecule has 61 heavy (non-hydrogen) atoms. The maximum absolute atomic E-state index is 4.51. The van der Waals surface area contributed by atoms with Crippen molar-refractivity contribution in [3.05, 3.63) is 212 Å². The smallest absolute Gasteiger partial charge is 0.0555 e. The predicted octanol–water partition coefficient (Wildman–Crippen LogP) is 16.2. The molecule has 2 aliphatic rings. The Labute approximate surface area is 358 Å². The van der Waals surface area contributed by atoms with Crippen LogP contribution < -0.4 is 4.90 Å². The summed E-state index contributed by atoms with van der Waals surface area (Å²) in [4.78, 5) is 2.25. The fourth-order valence-corrected chi connectivity index (χ4v) is 9.68. The summed E-state index contributed by atoms with van der Waals surface area (Å²) in [5.41, 5.74) is 17.8. The Balaban J connectivity index is 0.00000220. The van der Waals surface area contributed by atoms with Crippen LogP contribution in [-0.2, 0) is 5.41 Å². The van der Waals surface area contributed by atoms with E-state index in [-0.39, 0.29) is 5.41 Å². The minimum atomic E-state index is -0.117. The SMILES string of the molecule is C=C1/C=C\C=C/N(c2ccccc2)c2ccc(-c3ccc4c(c3)c3cc5c(cc3n4-c3ccc4c6ccccc6n(/C=C\C=C/C)c4c3)-c3ccccc3C5(C)C)cc21.CC. The molecule has 0 spiro atoms. The van der Waals surface area contributed by atoms with Gasteiger partial charge >= 0.3 is 0 Å². The number of benzene rings is 7. The number of aromatic nitrogens is 2. The van der Waals surface area contributed by atoms with Gasteiger partial charge < -0.3 is 14.0 Å². The summed E-state index contributed by atoms with van der Waals surface area (Å²) < 4.78 is 4.81. The van der Waals surface area contributed by atoms with Crippen LogP contribution >= 0.6 is 0 Å². The summed E-state index contributed by atoms with van der Waals surface area (Å²) in [6, 6.07) is 53.9. The minimum absolute atomic E-state index is 0.117. The highest BCUT2D eigenvalue weighted by Crippen LogP contribution is 2.51. The Morgan fingerprint density at radius 2 is 1.26 bits per heavy atom. The maximum atomic E-state index is 4.51. The van der Waals surface area contributed by atoms with Crippen LogP contribution in [0.1, 0.15) is 51.3 Å². The van der Waals surface area contributed by atoms with Gasteiger partial charge in [-0.15, -0.1) is 0 Å². The monoisotopic (exact) mass is 787 g/mol. The second-order valence-corrected chi connectivity index (χ2v) is 16.3. The molecule has 296 valence electrons. The Morgan fingerprint density at radius 1 is 0.525 bits per heavy atom. The number of rotatable bonds is 5. The van der Waals surface area contributed by atoms with Gasteiger partial charge in [0, 0.05) is 56.3 Å². The van der Waals surface area contributed by atoms with Gasteiger partial charge in [-0.1, -0.05) is 137 Å². The number of fused-ring (bicyclic) bond motifs is 10. The molecule has 9 aromatic rings. The van der Waals surface area contributed by atoms with Crippen LogP contribution in [0.25, 0.3) is 83.3 Å². The molecule has 0 saturated heterocycles. The van der Waals surface area contributed by atoms with E-state index >= 15 is 0 Å². The molecule has 3 heteroatoms. The second kappa shape index (κ2) is 15.0. The van der Waals surface area contributed by atoms with Crippen LogP contribution in [-0.4, -0.2) is 9.13 Å². The molecule has 3 nitrogen and oxygen atoms in total. The van der Waals surface area contributed by atoms with E-state index in [9.17, 15) is 0 Å². The van der Waals surface area contributed by atoms with Crippen molar-refractivity contribution in [3.8, 4) is 27.9 Å². The molecule has 3 heterocycles. The van der Waals surface area contributed by atoms with Crippen LogP contribution in [0.4, 0.5) is 11.4 Å².